The van der Waals surface area contributed by atoms with Gasteiger partial charge in [-0.05, 0) is 32.0 Å². The molecule has 2 aromatic rings. The highest BCUT2D eigenvalue weighted by atomic mass is 31.2. The first-order valence-electron chi connectivity index (χ1n) is 6.71. The Hall–Kier alpha value is -1.45. The van der Waals surface area contributed by atoms with Crippen molar-refractivity contribution in [2.75, 3.05) is 7.05 Å². The molecular formula is C16H20NO3P. The average Bonchev–Trinajstić information content (AvgIpc) is 2.38. The van der Waals surface area contributed by atoms with E-state index in [4.69, 9.17) is 0 Å². The Balaban J connectivity index is 2.57. The van der Waals surface area contributed by atoms with Gasteiger partial charge in [0.1, 0.15) is 0 Å². The maximum absolute atomic E-state index is 11.7. The van der Waals surface area contributed by atoms with Gasteiger partial charge in [0.2, 0.25) is 0 Å². The molecule has 0 radical (unpaired) electrons. The van der Waals surface area contributed by atoms with E-state index in [-0.39, 0.29) is 0 Å². The molecule has 0 aromatic heterocycles. The van der Waals surface area contributed by atoms with Crippen molar-refractivity contribution < 1.29 is 14.4 Å². The summed E-state index contributed by atoms with van der Waals surface area (Å²) in [6.45, 7) is 3.93. The number of nitrogens with zero attached hydrogens (tertiary/aromatic N) is 1. The third-order valence-electron chi connectivity index (χ3n) is 3.50. The SMILES string of the molecule is Cc1cccc(C(c2cccc(C)c2)N(C)P(=O)(O)O)c1. The molecule has 2 rings (SSSR count). The Morgan fingerprint density at radius 1 is 0.952 bits per heavy atom. The molecule has 0 bridgehead atoms. The molecule has 21 heavy (non-hydrogen) atoms. The highest BCUT2D eigenvalue weighted by molar-refractivity contribution is 7.49. The van der Waals surface area contributed by atoms with Gasteiger partial charge in [-0.2, -0.15) is 0 Å². The molecule has 5 heteroatoms. The van der Waals surface area contributed by atoms with Gasteiger partial charge in [0.05, 0.1) is 6.04 Å². The highest BCUT2D eigenvalue weighted by Crippen LogP contribution is 2.47. The molecular weight excluding hydrogens is 285 g/mol. The normalized spacial score (nSPS) is 12.1. The Kier molecular flexibility index (Phi) is 4.64. The fourth-order valence-electron chi connectivity index (χ4n) is 2.45. The fourth-order valence-corrected chi connectivity index (χ4v) is 3.02. The molecule has 0 saturated heterocycles. The summed E-state index contributed by atoms with van der Waals surface area (Å²) < 4.78 is 12.8. The van der Waals surface area contributed by atoms with Crippen LogP contribution in [-0.2, 0) is 4.57 Å². The number of hydrogen-bond acceptors (Lipinski definition) is 1. The van der Waals surface area contributed by atoms with Gasteiger partial charge in [-0.25, -0.2) is 9.24 Å². The van der Waals surface area contributed by atoms with Crippen molar-refractivity contribution in [1.82, 2.24) is 4.67 Å². The quantitative estimate of drug-likeness (QED) is 0.850. The van der Waals surface area contributed by atoms with Crippen molar-refractivity contribution >= 4 is 7.75 Å². The van der Waals surface area contributed by atoms with Gasteiger partial charge in [-0.15, -0.1) is 0 Å². The summed E-state index contributed by atoms with van der Waals surface area (Å²) in [4.78, 5) is 19.1. The molecule has 112 valence electrons. The fraction of sp³-hybridized carbons (Fsp3) is 0.250. The van der Waals surface area contributed by atoms with Gasteiger partial charge in [-0.1, -0.05) is 59.7 Å². The molecule has 0 aliphatic heterocycles. The Morgan fingerprint density at radius 3 is 1.71 bits per heavy atom. The van der Waals surface area contributed by atoms with E-state index in [0.29, 0.717) is 0 Å². The number of benzene rings is 2. The second-order valence-electron chi connectivity index (χ2n) is 5.32. The molecule has 2 aromatic carbocycles. The molecule has 0 atom stereocenters. The maximum Gasteiger partial charge on any atom is 0.403 e. The van der Waals surface area contributed by atoms with Crippen LogP contribution in [0.4, 0.5) is 0 Å². The predicted octanol–water partition coefficient (Wildman–Crippen LogP) is 3.42. The zero-order valence-electron chi connectivity index (χ0n) is 12.4. The van der Waals surface area contributed by atoms with Crippen LogP contribution in [0.5, 0.6) is 0 Å². The van der Waals surface area contributed by atoms with Crippen LogP contribution in [0.2, 0.25) is 0 Å². The Labute approximate surface area is 125 Å². The topological polar surface area (TPSA) is 60.8 Å². The molecule has 0 aliphatic rings. The second kappa shape index (κ2) is 6.12. The highest BCUT2D eigenvalue weighted by Gasteiger charge is 2.31. The van der Waals surface area contributed by atoms with E-state index < -0.39 is 13.8 Å². The van der Waals surface area contributed by atoms with Crippen LogP contribution in [0.3, 0.4) is 0 Å². The van der Waals surface area contributed by atoms with Gasteiger partial charge in [0.15, 0.2) is 0 Å². The standard InChI is InChI=1S/C16H20NO3P/c1-12-6-4-8-14(10-12)16(17(3)21(18,19)20)15-9-5-7-13(2)11-15/h4-11,16H,1-3H3,(H2,18,19,20). The molecule has 4 nitrogen and oxygen atoms in total. The molecule has 2 N–H and O–H groups in total. The van der Waals surface area contributed by atoms with Crippen LogP contribution in [0.15, 0.2) is 48.5 Å². The first-order chi connectivity index (χ1) is 9.79. The summed E-state index contributed by atoms with van der Waals surface area (Å²) in [5.74, 6) is 0. The van der Waals surface area contributed by atoms with Crippen molar-refractivity contribution in [3.8, 4) is 0 Å². The molecule has 0 spiro atoms. The van der Waals surface area contributed by atoms with Crippen molar-refractivity contribution in [3.05, 3.63) is 70.8 Å². The first kappa shape index (κ1) is 15.9. The zero-order chi connectivity index (χ0) is 15.6. The van der Waals surface area contributed by atoms with E-state index in [1.54, 1.807) is 0 Å². The van der Waals surface area contributed by atoms with E-state index in [2.05, 4.69) is 0 Å². The summed E-state index contributed by atoms with van der Waals surface area (Å²) in [6.07, 6.45) is 0. The minimum atomic E-state index is -4.34. The predicted molar refractivity (Wildman–Crippen MR) is 84.0 cm³/mol. The Morgan fingerprint density at radius 2 is 1.38 bits per heavy atom. The summed E-state index contributed by atoms with van der Waals surface area (Å²) in [6, 6.07) is 15.0. The lowest BCUT2D eigenvalue weighted by Gasteiger charge is -2.29. The third-order valence-corrected chi connectivity index (χ3v) is 4.55. The zero-order valence-corrected chi connectivity index (χ0v) is 13.3. The second-order valence-corrected chi connectivity index (χ2v) is 6.98. The van der Waals surface area contributed by atoms with Crippen LogP contribution < -0.4 is 0 Å². The molecule has 0 saturated carbocycles. The van der Waals surface area contributed by atoms with Crippen molar-refractivity contribution in [1.29, 1.82) is 0 Å². The molecule has 0 heterocycles. The Bertz CT molecular complexity index is 635. The van der Waals surface area contributed by atoms with Gasteiger partial charge in [0, 0.05) is 0 Å². The van der Waals surface area contributed by atoms with Gasteiger partial charge >= 0.3 is 7.75 Å². The third kappa shape index (κ3) is 3.80. The van der Waals surface area contributed by atoms with Crippen LogP contribution in [0.1, 0.15) is 28.3 Å². The van der Waals surface area contributed by atoms with Crippen LogP contribution >= 0.6 is 7.75 Å². The van der Waals surface area contributed by atoms with Gasteiger partial charge in [0.25, 0.3) is 0 Å². The summed E-state index contributed by atoms with van der Waals surface area (Å²) >= 11 is 0. The maximum atomic E-state index is 11.7. The van der Waals surface area contributed by atoms with Crippen LogP contribution in [-0.4, -0.2) is 21.5 Å². The van der Waals surface area contributed by atoms with Crippen LogP contribution in [0, 0.1) is 13.8 Å². The summed E-state index contributed by atoms with van der Waals surface area (Å²) in [5.41, 5.74) is 3.85. The lowest BCUT2D eigenvalue weighted by atomic mass is 9.96. The molecule has 0 unspecified atom stereocenters. The minimum Gasteiger partial charge on any atom is -0.312 e. The lowest BCUT2D eigenvalue weighted by molar-refractivity contribution is 0.270. The molecule has 0 amide bonds. The number of aryl methyl sites for hydroxylation is 2. The smallest absolute Gasteiger partial charge is 0.312 e. The summed E-state index contributed by atoms with van der Waals surface area (Å²) in [7, 11) is -2.89. The van der Waals surface area contributed by atoms with Crippen LogP contribution in [0.25, 0.3) is 0 Å². The van der Waals surface area contributed by atoms with Crippen molar-refractivity contribution in [2.24, 2.45) is 0 Å². The van der Waals surface area contributed by atoms with Gasteiger partial charge < -0.3 is 9.79 Å². The lowest BCUT2D eigenvalue weighted by Crippen LogP contribution is -2.23. The van der Waals surface area contributed by atoms with E-state index in [0.717, 1.165) is 26.9 Å². The minimum absolute atomic E-state index is 0.481. The van der Waals surface area contributed by atoms with E-state index in [1.165, 1.54) is 7.05 Å². The van der Waals surface area contributed by atoms with Crippen molar-refractivity contribution in [2.45, 2.75) is 19.9 Å². The first-order valence-corrected chi connectivity index (χ1v) is 8.27. The average molecular weight is 305 g/mol. The monoisotopic (exact) mass is 305 g/mol. The van der Waals surface area contributed by atoms with Crippen molar-refractivity contribution in [3.63, 3.8) is 0 Å². The molecule has 0 aliphatic carbocycles. The van der Waals surface area contributed by atoms with E-state index in [1.807, 2.05) is 62.4 Å². The summed E-state index contributed by atoms with van der Waals surface area (Å²) in [5, 5.41) is 0. The van der Waals surface area contributed by atoms with Gasteiger partial charge in [-0.3, -0.25) is 0 Å². The van der Waals surface area contributed by atoms with E-state index in [9.17, 15) is 14.4 Å². The largest absolute Gasteiger partial charge is 0.403 e. The number of hydrogen-bond donors (Lipinski definition) is 2. The van der Waals surface area contributed by atoms with E-state index >= 15 is 0 Å². The number of rotatable bonds is 4. The molecule has 0 fully saturated rings.